The van der Waals surface area contributed by atoms with Crippen molar-refractivity contribution in [2.75, 3.05) is 20.2 Å². The molecule has 5 atom stereocenters. The first-order valence-electron chi connectivity index (χ1n) is 16.4. The van der Waals surface area contributed by atoms with E-state index in [9.17, 15) is 14.4 Å². The van der Waals surface area contributed by atoms with E-state index < -0.39 is 29.4 Å². The van der Waals surface area contributed by atoms with Gasteiger partial charge in [-0.25, -0.2) is 9.78 Å². The summed E-state index contributed by atoms with van der Waals surface area (Å²) in [5, 5.41) is 2.98. The number of carbonyl (C=O) groups is 3. The zero-order chi connectivity index (χ0) is 33.4. The summed E-state index contributed by atoms with van der Waals surface area (Å²) in [5.74, 6) is -1.63. The summed E-state index contributed by atoms with van der Waals surface area (Å²) in [6.45, 7) is 10.1. The highest BCUT2D eigenvalue weighted by Crippen LogP contribution is 2.46. The summed E-state index contributed by atoms with van der Waals surface area (Å²) in [7, 11) is 1.77. The average Bonchev–Trinajstić information content (AvgIpc) is 3.66. The Labute approximate surface area is 277 Å². The lowest BCUT2D eigenvalue weighted by molar-refractivity contribution is -0.150. The fourth-order valence-corrected chi connectivity index (χ4v) is 6.38. The van der Waals surface area contributed by atoms with E-state index in [-0.39, 0.29) is 30.8 Å². The van der Waals surface area contributed by atoms with E-state index in [4.69, 9.17) is 19.4 Å². The molecular formula is C38H44N4O5. The fraction of sp³-hybridized carbons (Fsp3) is 0.395. The number of aromatic nitrogens is 2. The Morgan fingerprint density at radius 3 is 2.30 bits per heavy atom. The third-order valence-corrected chi connectivity index (χ3v) is 9.08. The molecule has 9 nitrogen and oxygen atoms in total. The lowest BCUT2D eigenvalue weighted by atomic mass is 9.93. The monoisotopic (exact) mass is 636 g/mol. The molecule has 2 aliphatic carbocycles. The van der Waals surface area contributed by atoms with Crippen molar-refractivity contribution in [3.63, 3.8) is 0 Å². The molecule has 246 valence electrons. The number of ether oxygens (including phenoxy) is 2. The SMILES string of the molecule is C=CCCCCN(C)C(=O)[C@@H]1C[C@H](Oc2cc(-c3ccccc3)nc(-c3ccccc3)n2)C[C@H]1C(=O)N[C@]1(C(=O)OCC)C[C@H]1C=C. The predicted molar refractivity (Wildman–Crippen MR) is 181 cm³/mol. The second-order valence-electron chi connectivity index (χ2n) is 12.3. The van der Waals surface area contributed by atoms with Crippen molar-refractivity contribution in [3.05, 3.63) is 92.0 Å². The molecule has 2 saturated carbocycles. The minimum atomic E-state index is -1.15. The highest BCUT2D eigenvalue weighted by molar-refractivity contribution is 5.95. The Bertz CT molecular complexity index is 1520. The third kappa shape index (κ3) is 7.79. The lowest BCUT2D eigenvalue weighted by Gasteiger charge is -2.26. The molecule has 2 fully saturated rings. The Morgan fingerprint density at radius 1 is 0.979 bits per heavy atom. The maximum Gasteiger partial charge on any atom is 0.332 e. The largest absolute Gasteiger partial charge is 0.474 e. The number of hydrogen-bond donors (Lipinski definition) is 1. The molecule has 9 heteroatoms. The number of amides is 2. The van der Waals surface area contributed by atoms with Gasteiger partial charge in [0.2, 0.25) is 17.7 Å². The van der Waals surface area contributed by atoms with Gasteiger partial charge in [0.25, 0.3) is 0 Å². The summed E-state index contributed by atoms with van der Waals surface area (Å²) in [6, 6.07) is 21.3. The van der Waals surface area contributed by atoms with Crippen molar-refractivity contribution in [1.29, 1.82) is 0 Å². The molecule has 2 aliphatic rings. The molecular weight excluding hydrogens is 592 g/mol. The smallest absolute Gasteiger partial charge is 0.332 e. The van der Waals surface area contributed by atoms with Crippen LogP contribution >= 0.6 is 0 Å². The van der Waals surface area contributed by atoms with Crippen molar-refractivity contribution >= 4 is 17.8 Å². The van der Waals surface area contributed by atoms with Crippen LogP contribution in [-0.2, 0) is 19.1 Å². The van der Waals surface area contributed by atoms with Gasteiger partial charge in [-0.3, -0.25) is 9.59 Å². The summed E-state index contributed by atoms with van der Waals surface area (Å²) in [6.07, 6.45) is 6.73. The van der Waals surface area contributed by atoms with Gasteiger partial charge in [0.15, 0.2) is 5.82 Å². The first kappa shape index (κ1) is 33.6. The molecule has 0 bridgehead atoms. The van der Waals surface area contributed by atoms with Crippen molar-refractivity contribution in [2.45, 2.75) is 57.1 Å². The fourth-order valence-electron chi connectivity index (χ4n) is 6.38. The number of nitrogens with zero attached hydrogens (tertiary/aromatic N) is 3. The van der Waals surface area contributed by atoms with Gasteiger partial charge in [-0.05, 0) is 45.4 Å². The molecule has 2 aromatic carbocycles. The Balaban J connectivity index is 1.41. The highest BCUT2D eigenvalue weighted by atomic mass is 16.5. The average molecular weight is 637 g/mol. The molecule has 5 rings (SSSR count). The normalized spacial score (nSPS) is 22.9. The van der Waals surface area contributed by atoms with E-state index >= 15 is 0 Å². The third-order valence-electron chi connectivity index (χ3n) is 9.08. The zero-order valence-corrected chi connectivity index (χ0v) is 27.3. The van der Waals surface area contributed by atoms with Crippen LogP contribution in [0.2, 0.25) is 0 Å². The summed E-state index contributed by atoms with van der Waals surface area (Å²) in [5.41, 5.74) is 1.31. The first-order valence-corrected chi connectivity index (χ1v) is 16.4. The molecule has 0 unspecified atom stereocenters. The minimum Gasteiger partial charge on any atom is -0.474 e. The maximum absolute atomic E-state index is 14.0. The van der Waals surface area contributed by atoms with Crippen LogP contribution in [0.3, 0.4) is 0 Å². The van der Waals surface area contributed by atoms with E-state index in [1.165, 1.54) is 0 Å². The second kappa shape index (κ2) is 15.2. The van der Waals surface area contributed by atoms with Crippen LogP contribution in [0, 0.1) is 17.8 Å². The molecule has 1 heterocycles. The van der Waals surface area contributed by atoms with Gasteiger partial charge in [-0.1, -0.05) is 72.8 Å². The topological polar surface area (TPSA) is 111 Å². The van der Waals surface area contributed by atoms with Gasteiger partial charge in [0, 0.05) is 36.7 Å². The van der Waals surface area contributed by atoms with Crippen LogP contribution in [0.25, 0.3) is 22.6 Å². The molecule has 0 saturated heterocycles. The number of nitrogens with one attached hydrogen (secondary N) is 1. The Morgan fingerprint density at radius 2 is 1.66 bits per heavy atom. The van der Waals surface area contributed by atoms with Crippen LogP contribution in [0.1, 0.15) is 45.4 Å². The van der Waals surface area contributed by atoms with Crippen LogP contribution in [0.4, 0.5) is 0 Å². The summed E-state index contributed by atoms with van der Waals surface area (Å²) >= 11 is 0. The van der Waals surface area contributed by atoms with Gasteiger partial charge >= 0.3 is 5.97 Å². The number of allylic oxidation sites excluding steroid dienone is 1. The Kier molecular flexibility index (Phi) is 10.9. The van der Waals surface area contributed by atoms with Crippen LogP contribution in [0.5, 0.6) is 5.88 Å². The number of benzene rings is 2. The highest BCUT2D eigenvalue weighted by Gasteiger charge is 2.62. The molecule has 0 radical (unpaired) electrons. The lowest BCUT2D eigenvalue weighted by Crippen LogP contribution is -2.50. The minimum absolute atomic E-state index is 0.117. The molecule has 0 aliphatic heterocycles. The summed E-state index contributed by atoms with van der Waals surface area (Å²) < 4.78 is 11.8. The van der Waals surface area contributed by atoms with Crippen molar-refractivity contribution < 1.29 is 23.9 Å². The molecule has 1 N–H and O–H groups in total. The molecule has 1 aromatic heterocycles. The van der Waals surface area contributed by atoms with E-state index in [2.05, 4.69) is 18.5 Å². The Hall–Kier alpha value is -4.79. The predicted octanol–water partition coefficient (Wildman–Crippen LogP) is 6.02. The number of unbranched alkanes of at least 4 members (excludes halogenated alkanes) is 2. The number of rotatable bonds is 15. The maximum atomic E-state index is 14.0. The number of carbonyl (C=O) groups excluding carboxylic acids is 3. The van der Waals surface area contributed by atoms with E-state index in [0.29, 0.717) is 36.8 Å². The molecule has 47 heavy (non-hydrogen) atoms. The van der Waals surface area contributed by atoms with Gasteiger partial charge in [0.1, 0.15) is 11.6 Å². The second-order valence-corrected chi connectivity index (χ2v) is 12.3. The first-order chi connectivity index (χ1) is 22.8. The van der Waals surface area contributed by atoms with E-state index in [0.717, 1.165) is 30.4 Å². The van der Waals surface area contributed by atoms with E-state index in [1.807, 2.05) is 66.7 Å². The van der Waals surface area contributed by atoms with Crippen molar-refractivity contribution in [1.82, 2.24) is 20.2 Å². The quantitative estimate of drug-likeness (QED) is 0.123. The van der Waals surface area contributed by atoms with Crippen LogP contribution in [0.15, 0.2) is 92.0 Å². The zero-order valence-electron chi connectivity index (χ0n) is 27.3. The molecule has 3 aromatic rings. The van der Waals surface area contributed by atoms with Gasteiger partial charge in [0.05, 0.1) is 24.1 Å². The van der Waals surface area contributed by atoms with Gasteiger partial charge < -0.3 is 19.7 Å². The van der Waals surface area contributed by atoms with Crippen molar-refractivity contribution in [3.8, 4) is 28.5 Å². The van der Waals surface area contributed by atoms with Gasteiger partial charge in [-0.2, -0.15) is 4.98 Å². The molecule has 0 spiro atoms. The number of hydrogen-bond acceptors (Lipinski definition) is 7. The van der Waals surface area contributed by atoms with Crippen LogP contribution in [-0.4, -0.2) is 64.5 Å². The van der Waals surface area contributed by atoms with Crippen molar-refractivity contribution in [2.24, 2.45) is 17.8 Å². The summed E-state index contributed by atoms with van der Waals surface area (Å²) in [4.78, 5) is 52.1. The molecule has 2 amide bonds. The van der Waals surface area contributed by atoms with Gasteiger partial charge in [-0.15, -0.1) is 13.2 Å². The standard InChI is InChI=1S/C38H44N4O5/c1-5-8-9-16-21-42(4)36(44)31-23-29(22-30(31)35(43)41-38(25-28(38)6-2)37(45)46-7-3)47-33-24-32(26-17-12-10-13-18-26)39-34(40-33)27-19-14-11-15-20-27/h5-6,10-15,17-20,24,28-31H,1-2,7-9,16,21-23,25H2,3-4H3,(H,41,43)/t28-,29-,30-,31-,38-/m1/s1. The van der Waals surface area contributed by atoms with Crippen LogP contribution < -0.4 is 10.1 Å². The number of esters is 1. The van der Waals surface area contributed by atoms with E-state index in [1.54, 1.807) is 31.0 Å².